The van der Waals surface area contributed by atoms with Gasteiger partial charge in [0.05, 0.1) is 27.9 Å². The molecule has 0 amide bonds. The zero-order valence-corrected chi connectivity index (χ0v) is 26.5. The van der Waals surface area contributed by atoms with E-state index in [0.29, 0.717) is 0 Å². The molecule has 11 aromatic rings. The summed E-state index contributed by atoms with van der Waals surface area (Å²) in [7, 11) is 0. The van der Waals surface area contributed by atoms with Gasteiger partial charge in [0.15, 0.2) is 5.58 Å². The van der Waals surface area contributed by atoms with Crippen LogP contribution in [0.25, 0.3) is 81.2 Å². The summed E-state index contributed by atoms with van der Waals surface area (Å²) in [6, 6.07) is 54.9. The highest BCUT2D eigenvalue weighted by molar-refractivity contribution is 7.17. The number of aromatic nitrogens is 1. The van der Waals surface area contributed by atoms with Gasteiger partial charge in [0, 0.05) is 53.7 Å². The second-order valence-electron chi connectivity index (χ2n) is 12.5. The Morgan fingerprint density at radius 3 is 1.94 bits per heavy atom. The number of rotatable bonds is 4. The Balaban J connectivity index is 1.32. The molecule has 0 bridgehead atoms. The lowest BCUT2D eigenvalue weighted by Gasteiger charge is -2.28. The van der Waals surface area contributed by atoms with Crippen molar-refractivity contribution in [3.05, 3.63) is 157 Å². The van der Waals surface area contributed by atoms with Crippen LogP contribution >= 0.6 is 11.3 Å². The van der Waals surface area contributed by atoms with E-state index in [0.717, 1.165) is 39.0 Å². The predicted molar refractivity (Wildman–Crippen MR) is 204 cm³/mol. The standard InChI is InChI=1S/C44H26N2OS/c1-2-11-27(12-3-1)42-33-23-24-48-41(33)22-21-38(42)45(39-19-10-16-32-31-15-6-9-20-40(31)47-44(32)39)28-25-34-29-13-4-7-17-36(29)46-37-18-8-5-14-30(37)35(26-28)43(34)46/h1-26H. The lowest BCUT2D eigenvalue weighted by atomic mass is 9.97. The fraction of sp³-hybridized carbons (Fsp3) is 0. The molecule has 4 heteroatoms. The van der Waals surface area contributed by atoms with Crippen LogP contribution in [0.3, 0.4) is 0 Å². The van der Waals surface area contributed by atoms with E-state index < -0.39 is 0 Å². The number of thiophene rings is 1. The monoisotopic (exact) mass is 630 g/mol. The summed E-state index contributed by atoms with van der Waals surface area (Å²) < 4.78 is 10.5. The second kappa shape index (κ2) is 9.71. The van der Waals surface area contributed by atoms with Crippen LogP contribution in [0.2, 0.25) is 0 Å². The van der Waals surface area contributed by atoms with Gasteiger partial charge in [-0.25, -0.2) is 0 Å². The molecule has 0 atom stereocenters. The van der Waals surface area contributed by atoms with E-state index in [9.17, 15) is 0 Å². The Kier molecular flexibility index (Phi) is 5.26. The molecule has 7 aromatic carbocycles. The maximum Gasteiger partial charge on any atom is 0.159 e. The molecule has 0 N–H and O–H groups in total. The van der Waals surface area contributed by atoms with Crippen molar-refractivity contribution in [2.24, 2.45) is 0 Å². The predicted octanol–water partition coefficient (Wildman–Crippen LogP) is 13.1. The number of furan rings is 1. The minimum absolute atomic E-state index is 0.877. The molecule has 0 aliphatic heterocycles. The Labute approximate surface area is 279 Å². The number of nitrogens with zero attached hydrogens (tertiary/aromatic N) is 2. The summed E-state index contributed by atoms with van der Waals surface area (Å²) in [5.41, 5.74) is 11.1. The Morgan fingerprint density at radius 1 is 0.500 bits per heavy atom. The summed E-state index contributed by atoms with van der Waals surface area (Å²) in [5, 5.41) is 10.7. The molecule has 224 valence electrons. The van der Waals surface area contributed by atoms with Gasteiger partial charge in [0.1, 0.15) is 5.58 Å². The molecule has 0 spiro atoms. The van der Waals surface area contributed by atoms with Crippen LogP contribution in [-0.2, 0) is 0 Å². The Morgan fingerprint density at radius 2 is 1.17 bits per heavy atom. The SMILES string of the molecule is c1ccc(-c2c(N(c3cc4c5ccccc5n5c6ccccc6c(c3)c45)c3cccc4c3oc3ccccc34)ccc3sccc23)cc1. The number of para-hydroxylation sites is 4. The Bertz CT molecular complexity index is 2940. The van der Waals surface area contributed by atoms with Crippen LogP contribution in [-0.4, -0.2) is 4.40 Å². The average molecular weight is 631 g/mol. The van der Waals surface area contributed by atoms with Crippen molar-refractivity contribution in [2.75, 3.05) is 4.90 Å². The molecule has 4 aromatic heterocycles. The van der Waals surface area contributed by atoms with Gasteiger partial charge in [-0.1, -0.05) is 97.1 Å². The van der Waals surface area contributed by atoms with Gasteiger partial charge in [-0.15, -0.1) is 11.3 Å². The van der Waals surface area contributed by atoms with E-state index in [2.05, 4.69) is 160 Å². The highest BCUT2D eigenvalue weighted by Crippen LogP contribution is 2.50. The topological polar surface area (TPSA) is 20.8 Å². The van der Waals surface area contributed by atoms with Crippen molar-refractivity contribution in [3.8, 4) is 11.1 Å². The van der Waals surface area contributed by atoms with Crippen LogP contribution in [0, 0.1) is 0 Å². The highest BCUT2D eigenvalue weighted by atomic mass is 32.1. The van der Waals surface area contributed by atoms with Crippen molar-refractivity contribution >= 4 is 98.5 Å². The van der Waals surface area contributed by atoms with E-state index in [-0.39, 0.29) is 0 Å². The van der Waals surface area contributed by atoms with E-state index in [1.807, 2.05) is 6.07 Å². The molecule has 0 fully saturated rings. The fourth-order valence-corrected chi connectivity index (χ4v) is 8.80. The Hall–Kier alpha value is -6.10. The second-order valence-corrected chi connectivity index (χ2v) is 13.5. The van der Waals surface area contributed by atoms with Crippen LogP contribution in [0.15, 0.2) is 161 Å². The van der Waals surface area contributed by atoms with Gasteiger partial charge < -0.3 is 13.7 Å². The van der Waals surface area contributed by atoms with E-state index in [1.165, 1.54) is 59.3 Å². The largest absolute Gasteiger partial charge is 0.454 e. The molecule has 0 saturated carbocycles. The minimum atomic E-state index is 0.877. The quantitative estimate of drug-likeness (QED) is 0.193. The van der Waals surface area contributed by atoms with Crippen molar-refractivity contribution in [1.29, 1.82) is 0 Å². The highest BCUT2D eigenvalue weighted by Gasteiger charge is 2.26. The fourth-order valence-electron chi connectivity index (χ4n) is 8.01. The van der Waals surface area contributed by atoms with E-state index in [1.54, 1.807) is 11.3 Å². The molecule has 0 radical (unpaired) electrons. The molecule has 0 unspecified atom stereocenters. The summed E-state index contributed by atoms with van der Waals surface area (Å²) in [4.78, 5) is 2.44. The number of anilines is 3. The molecule has 0 saturated heterocycles. The van der Waals surface area contributed by atoms with Crippen LogP contribution in [0.4, 0.5) is 17.1 Å². The summed E-state index contributed by atoms with van der Waals surface area (Å²) in [6.45, 7) is 0. The smallest absolute Gasteiger partial charge is 0.159 e. The molecule has 3 nitrogen and oxygen atoms in total. The normalized spacial score (nSPS) is 12.2. The lowest BCUT2D eigenvalue weighted by Crippen LogP contribution is -2.11. The van der Waals surface area contributed by atoms with Crippen molar-refractivity contribution in [3.63, 3.8) is 0 Å². The number of hydrogen-bond donors (Lipinski definition) is 0. The molecule has 4 heterocycles. The average Bonchev–Trinajstić information content (AvgIpc) is 3.92. The van der Waals surface area contributed by atoms with Gasteiger partial charge >= 0.3 is 0 Å². The molecule has 11 rings (SSSR count). The summed E-state index contributed by atoms with van der Waals surface area (Å²) in [5.74, 6) is 0. The number of fused-ring (bicyclic) bond motifs is 10. The van der Waals surface area contributed by atoms with Gasteiger partial charge in [0.25, 0.3) is 0 Å². The van der Waals surface area contributed by atoms with E-state index >= 15 is 0 Å². The number of hydrogen-bond acceptors (Lipinski definition) is 3. The third kappa shape index (κ3) is 3.47. The summed E-state index contributed by atoms with van der Waals surface area (Å²) in [6.07, 6.45) is 0. The van der Waals surface area contributed by atoms with Crippen LogP contribution in [0.1, 0.15) is 0 Å². The van der Waals surface area contributed by atoms with Gasteiger partial charge in [-0.2, -0.15) is 0 Å². The first kappa shape index (κ1) is 26.0. The maximum atomic E-state index is 6.75. The lowest BCUT2D eigenvalue weighted by molar-refractivity contribution is 0.669. The van der Waals surface area contributed by atoms with Crippen LogP contribution in [0.5, 0.6) is 0 Å². The van der Waals surface area contributed by atoms with Crippen molar-refractivity contribution in [1.82, 2.24) is 4.40 Å². The third-order valence-electron chi connectivity index (χ3n) is 9.99. The first-order chi connectivity index (χ1) is 23.8. The molecule has 0 aliphatic rings. The first-order valence-electron chi connectivity index (χ1n) is 16.3. The van der Waals surface area contributed by atoms with Gasteiger partial charge in [0.2, 0.25) is 0 Å². The molecular weight excluding hydrogens is 605 g/mol. The first-order valence-corrected chi connectivity index (χ1v) is 17.1. The van der Waals surface area contributed by atoms with Gasteiger partial charge in [-0.05, 0) is 65.5 Å². The van der Waals surface area contributed by atoms with Gasteiger partial charge in [-0.3, -0.25) is 0 Å². The summed E-state index contributed by atoms with van der Waals surface area (Å²) >= 11 is 1.78. The molecule has 48 heavy (non-hydrogen) atoms. The van der Waals surface area contributed by atoms with E-state index in [4.69, 9.17) is 4.42 Å². The van der Waals surface area contributed by atoms with Crippen molar-refractivity contribution < 1.29 is 4.42 Å². The molecular formula is C44H26N2OS. The molecule has 0 aliphatic carbocycles. The maximum absolute atomic E-state index is 6.75. The zero-order valence-electron chi connectivity index (χ0n) is 25.7. The van der Waals surface area contributed by atoms with Crippen LogP contribution < -0.4 is 4.90 Å². The van der Waals surface area contributed by atoms with Crippen molar-refractivity contribution in [2.45, 2.75) is 0 Å². The minimum Gasteiger partial charge on any atom is -0.454 e. The number of benzene rings is 7. The zero-order chi connectivity index (χ0) is 31.3. The third-order valence-corrected chi connectivity index (χ3v) is 10.9.